The van der Waals surface area contributed by atoms with Crippen LogP contribution in [0.25, 0.3) is 20.9 Å². The summed E-state index contributed by atoms with van der Waals surface area (Å²) in [6.45, 7) is 8.31. The number of benzene rings is 1. The summed E-state index contributed by atoms with van der Waals surface area (Å²) < 4.78 is 0. The van der Waals surface area contributed by atoms with Crippen LogP contribution in [0.5, 0.6) is 0 Å². The molecule has 0 bridgehead atoms. The van der Waals surface area contributed by atoms with Crippen LogP contribution in [-0.4, -0.2) is 23.3 Å². The van der Waals surface area contributed by atoms with Crippen molar-refractivity contribution in [1.29, 1.82) is 0 Å². The molecule has 2 aromatic heterocycles. The van der Waals surface area contributed by atoms with Crippen LogP contribution in [0.15, 0.2) is 36.4 Å². The molecule has 0 atom stereocenters. The molecule has 0 fully saturated rings. The van der Waals surface area contributed by atoms with Gasteiger partial charge < -0.3 is 0 Å². The summed E-state index contributed by atoms with van der Waals surface area (Å²) in [6, 6.07) is 12.0. The van der Waals surface area contributed by atoms with E-state index in [4.69, 9.17) is 0 Å². The molecule has 0 N–H and O–H groups in total. The summed E-state index contributed by atoms with van der Waals surface area (Å²) >= 11 is 3.19. The van der Waals surface area contributed by atoms with Gasteiger partial charge in [0.05, 0.1) is 16.0 Å². The largest absolute Gasteiger partial charge is 0.274 e. The lowest BCUT2D eigenvalue weighted by Gasteiger charge is -2.16. The Kier molecular flexibility index (Phi) is 5.16. The van der Waals surface area contributed by atoms with Crippen molar-refractivity contribution in [3.8, 4) is 32.7 Å². The van der Waals surface area contributed by atoms with Gasteiger partial charge in [-0.25, -0.2) is 0 Å². The number of hydrogen-bond acceptors (Lipinski definition) is 4. The van der Waals surface area contributed by atoms with Gasteiger partial charge in [0.25, 0.3) is 11.8 Å². The minimum atomic E-state index is -0.194. The first-order valence-electron chi connectivity index (χ1n) is 9.53. The summed E-state index contributed by atoms with van der Waals surface area (Å²) in [6.07, 6.45) is 0. The summed E-state index contributed by atoms with van der Waals surface area (Å²) in [5, 5.41) is 0. The summed E-state index contributed by atoms with van der Waals surface area (Å²) in [5.74, 6) is 5.81. The molecular weight excluding hydrogens is 398 g/mol. The Morgan fingerprint density at radius 3 is 2.00 bits per heavy atom. The van der Waals surface area contributed by atoms with Gasteiger partial charge in [-0.15, -0.1) is 28.6 Å². The van der Waals surface area contributed by atoms with Crippen LogP contribution in [-0.2, 0) is 0 Å². The van der Waals surface area contributed by atoms with E-state index in [1.165, 1.54) is 9.78 Å². The van der Waals surface area contributed by atoms with E-state index in [1.807, 2.05) is 57.2 Å². The highest BCUT2D eigenvalue weighted by molar-refractivity contribution is 7.16. The molecule has 2 amide bonds. The molecule has 4 rings (SSSR count). The highest BCUT2D eigenvalue weighted by Crippen LogP contribution is 2.42. The van der Waals surface area contributed by atoms with E-state index in [2.05, 4.69) is 11.8 Å². The Labute approximate surface area is 179 Å². The predicted molar refractivity (Wildman–Crippen MR) is 121 cm³/mol. The maximum Gasteiger partial charge on any atom is 0.262 e. The average Bonchev–Trinajstić information content (AvgIpc) is 3.38. The second-order valence-corrected chi connectivity index (χ2v) is 9.85. The van der Waals surface area contributed by atoms with Crippen molar-refractivity contribution in [3.63, 3.8) is 0 Å². The van der Waals surface area contributed by atoms with E-state index in [1.54, 1.807) is 29.6 Å². The van der Waals surface area contributed by atoms with Crippen LogP contribution >= 0.6 is 22.7 Å². The molecule has 0 unspecified atom stereocenters. The summed E-state index contributed by atoms with van der Waals surface area (Å²) in [4.78, 5) is 32.2. The standard InChI is InChI=1S/C24H21NO2S2/c1-5-6-16-8-12-20(29-16)18-10-9-17(19-11-7-15(4)28-19)21-22(18)24(27)25(23(21)26)13-14(2)3/h7-12,14H,13H2,1-4H3. The van der Waals surface area contributed by atoms with Crippen molar-refractivity contribution in [2.45, 2.75) is 27.7 Å². The van der Waals surface area contributed by atoms with Crippen molar-refractivity contribution in [1.82, 2.24) is 4.90 Å². The molecule has 3 nitrogen and oxygen atoms in total. The van der Waals surface area contributed by atoms with E-state index in [0.29, 0.717) is 17.7 Å². The maximum absolute atomic E-state index is 13.3. The monoisotopic (exact) mass is 419 g/mol. The van der Waals surface area contributed by atoms with Crippen molar-refractivity contribution >= 4 is 34.5 Å². The molecule has 0 spiro atoms. The van der Waals surface area contributed by atoms with Gasteiger partial charge in [-0.3, -0.25) is 14.5 Å². The summed E-state index contributed by atoms with van der Waals surface area (Å²) in [7, 11) is 0. The van der Waals surface area contributed by atoms with Gasteiger partial charge in [-0.05, 0) is 44.0 Å². The second kappa shape index (κ2) is 7.62. The first-order chi connectivity index (χ1) is 13.9. The van der Waals surface area contributed by atoms with Crippen LogP contribution in [0.2, 0.25) is 0 Å². The van der Waals surface area contributed by atoms with Gasteiger partial charge in [0.1, 0.15) is 0 Å². The summed E-state index contributed by atoms with van der Waals surface area (Å²) in [5.41, 5.74) is 2.72. The van der Waals surface area contributed by atoms with E-state index >= 15 is 0 Å². The lowest BCUT2D eigenvalue weighted by molar-refractivity contribution is 0.0637. The SMILES string of the molecule is CC#Cc1ccc(-c2ccc(-c3ccc(C)s3)c3c2C(=O)N(CC(C)C)C3=O)s1. The minimum absolute atomic E-state index is 0.188. The van der Waals surface area contributed by atoms with Crippen LogP contribution < -0.4 is 0 Å². The zero-order chi connectivity index (χ0) is 20.7. The van der Waals surface area contributed by atoms with Gasteiger partial charge in [-0.1, -0.05) is 31.9 Å². The Balaban J connectivity index is 1.93. The topological polar surface area (TPSA) is 37.4 Å². The lowest BCUT2D eigenvalue weighted by atomic mass is 9.95. The fraction of sp³-hybridized carbons (Fsp3) is 0.250. The maximum atomic E-state index is 13.3. The molecule has 1 aliphatic rings. The molecule has 0 saturated heterocycles. The fourth-order valence-corrected chi connectivity index (χ4v) is 5.44. The van der Waals surface area contributed by atoms with E-state index in [-0.39, 0.29) is 17.7 Å². The number of imide groups is 1. The predicted octanol–water partition coefficient (Wildman–Crippen LogP) is 6.08. The van der Waals surface area contributed by atoms with Gasteiger partial charge in [0.2, 0.25) is 0 Å². The Morgan fingerprint density at radius 1 is 0.897 bits per heavy atom. The number of carbonyl (C=O) groups excluding carboxylic acids is 2. The molecule has 0 saturated carbocycles. The molecule has 0 radical (unpaired) electrons. The number of amides is 2. The first kappa shape index (κ1) is 19.6. The molecule has 1 aliphatic heterocycles. The van der Waals surface area contributed by atoms with Crippen LogP contribution in [0.4, 0.5) is 0 Å². The highest BCUT2D eigenvalue weighted by atomic mass is 32.1. The third kappa shape index (κ3) is 3.43. The number of hydrogen-bond donors (Lipinski definition) is 0. The van der Waals surface area contributed by atoms with Gasteiger partial charge >= 0.3 is 0 Å². The molecule has 0 aliphatic carbocycles. The quantitative estimate of drug-likeness (QED) is 0.380. The van der Waals surface area contributed by atoms with Crippen molar-refractivity contribution in [2.24, 2.45) is 5.92 Å². The van der Waals surface area contributed by atoms with E-state index in [9.17, 15) is 9.59 Å². The zero-order valence-corrected chi connectivity index (χ0v) is 18.5. The minimum Gasteiger partial charge on any atom is -0.274 e. The number of nitrogens with zero attached hydrogens (tertiary/aromatic N) is 1. The van der Waals surface area contributed by atoms with Gasteiger partial charge in [0, 0.05) is 32.3 Å². The van der Waals surface area contributed by atoms with E-state index in [0.717, 1.165) is 25.8 Å². The van der Waals surface area contributed by atoms with Crippen molar-refractivity contribution < 1.29 is 9.59 Å². The molecule has 146 valence electrons. The number of fused-ring (bicyclic) bond motifs is 1. The number of aryl methyl sites for hydroxylation is 1. The Hall–Kier alpha value is -2.68. The zero-order valence-electron chi connectivity index (χ0n) is 16.8. The fourth-order valence-electron chi connectivity index (χ4n) is 3.60. The van der Waals surface area contributed by atoms with Crippen molar-refractivity contribution in [2.75, 3.05) is 6.54 Å². The van der Waals surface area contributed by atoms with Gasteiger partial charge in [0.15, 0.2) is 0 Å². The van der Waals surface area contributed by atoms with E-state index < -0.39 is 0 Å². The van der Waals surface area contributed by atoms with Crippen LogP contribution in [0.1, 0.15) is 51.2 Å². The average molecular weight is 420 g/mol. The Morgan fingerprint density at radius 2 is 1.48 bits per heavy atom. The molecule has 1 aromatic carbocycles. The highest BCUT2D eigenvalue weighted by Gasteiger charge is 2.40. The molecule has 3 heterocycles. The van der Waals surface area contributed by atoms with Gasteiger partial charge in [-0.2, -0.15) is 0 Å². The normalized spacial score (nSPS) is 13.1. The molecule has 5 heteroatoms. The smallest absolute Gasteiger partial charge is 0.262 e. The second-order valence-electron chi connectivity index (χ2n) is 7.47. The van der Waals surface area contributed by atoms with Crippen LogP contribution in [0.3, 0.4) is 0 Å². The number of thiophene rings is 2. The van der Waals surface area contributed by atoms with Crippen molar-refractivity contribution in [3.05, 3.63) is 57.3 Å². The molecule has 3 aromatic rings. The third-order valence-corrected chi connectivity index (χ3v) is 6.86. The van der Waals surface area contributed by atoms with Crippen LogP contribution in [0, 0.1) is 24.7 Å². The molecule has 29 heavy (non-hydrogen) atoms. The first-order valence-corrected chi connectivity index (χ1v) is 11.2. The third-order valence-electron chi connectivity index (χ3n) is 4.80. The number of carbonyl (C=O) groups is 2. The number of rotatable bonds is 4. The lowest BCUT2D eigenvalue weighted by Crippen LogP contribution is -2.33. The Bertz CT molecular complexity index is 1190. The molecular formula is C24H21NO2S2.